The molecule has 2 N–H and O–H groups in total. The first-order chi connectivity index (χ1) is 7.51. The third-order valence-corrected chi connectivity index (χ3v) is 2.13. The normalized spacial score (nSPS) is 9.50. The van der Waals surface area contributed by atoms with E-state index in [2.05, 4.69) is 0 Å². The average Bonchev–Trinajstić information content (AvgIpc) is 2.26. The van der Waals surface area contributed by atoms with Crippen molar-refractivity contribution in [1.82, 2.24) is 0 Å². The summed E-state index contributed by atoms with van der Waals surface area (Å²) >= 11 is 5.34. The summed E-state index contributed by atoms with van der Waals surface area (Å²) in [7, 11) is 0. The number of nitro groups is 1. The summed E-state index contributed by atoms with van der Waals surface area (Å²) < 4.78 is 0. The van der Waals surface area contributed by atoms with Gasteiger partial charge in [0.15, 0.2) is 5.78 Å². The summed E-state index contributed by atoms with van der Waals surface area (Å²) in [6.45, 7) is 0. The Bertz CT molecular complexity index is 507. The molecule has 0 saturated heterocycles. The smallest absolute Gasteiger partial charge is 0.272 e. The molecule has 6 nitrogen and oxygen atoms in total. The summed E-state index contributed by atoms with van der Waals surface area (Å²) in [5.41, 5.74) is 4.82. The second-order valence-corrected chi connectivity index (χ2v) is 3.15. The van der Waals surface area contributed by atoms with Gasteiger partial charge in [0.1, 0.15) is 6.07 Å². The second kappa shape index (κ2) is 4.59. The zero-order chi connectivity index (χ0) is 12.3. The Morgan fingerprint density at radius 3 is 2.69 bits per heavy atom. The van der Waals surface area contributed by atoms with Crippen LogP contribution < -0.4 is 5.73 Å². The molecule has 1 aromatic rings. The number of carbonyl (C=O) groups is 1. The Balaban J connectivity index is 3.48. The number of nitriles is 1. The van der Waals surface area contributed by atoms with Crippen LogP contribution in [0.4, 0.5) is 11.4 Å². The maximum atomic E-state index is 11.4. The molecule has 0 bridgehead atoms. The number of hydrogen-bond donors (Lipinski definition) is 1. The highest BCUT2D eigenvalue weighted by atomic mass is 35.5. The number of hydrogen-bond acceptors (Lipinski definition) is 5. The van der Waals surface area contributed by atoms with Crippen LogP contribution in [0.2, 0.25) is 0 Å². The lowest BCUT2D eigenvalue weighted by Gasteiger charge is -2.04. The quantitative estimate of drug-likeness (QED) is 0.282. The van der Waals surface area contributed by atoms with Gasteiger partial charge in [-0.15, -0.1) is 11.6 Å². The van der Waals surface area contributed by atoms with Crippen LogP contribution in [0.3, 0.4) is 0 Å². The molecule has 82 valence electrons. The second-order valence-electron chi connectivity index (χ2n) is 2.88. The maximum Gasteiger partial charge on any atom is 0.272 e. The minimum atomic E-state index is -0.688. The number of non-ortho nitro benzene ring substituents is 1. The number of rotatable bonds is 3. The van der Waals surface area contributed by atoms with Crippen LogP contribution in [0, 0.1) is 21.4 Å². The zero-order valence-electron chi connectivity index (χ0n) is 7.94. The van der Waals surface area contributed by atoms with Gasteiger partial charge in [-0.3, -0.25) is 14.9 Å². The van der Waals surface area contributed by atoms with Gasteiger partial charge in [-0.1, -0.05) is 0 Å². The number of nitrogen functional groups attached to an aromatic ring is 1. The lowest BCUT2D eigenvalue weighted by molar-refractivity contribution is -0.384. The Kier molecular flexibility index (Phi) is 3.43. The Hall–Kier alpha value is -2.13. The molecule has 0 fully saturated rings. The van der Waals surface area contributed by atoms with Crippen LogP contribution in [-0.4, -0.2) is 16.6 Å². The lowest BCUT2D eigenvalue weighted by atomic mass is 10.0. The van der Waals surface area contributed by atoms with Crippen LogP contribution in [0.1, 0.15) is 15.9 Å². The fourth-order valence-corrected chi connectivity index (χ4v) is 1.35. The number of halogens is 1. The molecule has 0 radical (unpaired) electrons. The van der Waals surface area contributed by atoms with Crippen molar-refractivity contribution >= 4 is 28.8 Å². The third-order valence-electron chi connectivity index (χ3n) is 1.89. The molecule has 1 rings (SSSR count). The zero-order valence-corrected chi connectivity index (χ0v) is 8.69. The number of anilines is 1. The van der Waals surface area contributed by atoms with E-state index in [9.17, 15) is 14.9 Å². The summed E-state index contributed by atoms with van der Waals surface area (Å²) in [4.78, 5) is 21.2. The summed E-state index contributed by atoms with van der Waals surface area (Å²) in [5, 5.41) is 19.3. The molecule has 0 heterocycles. The lowest BCUT2D eigenvalue weighted by Crippen LogP contribution is -2.08. The van der Waals surface area contributed by atoms with Crippen molar-refractivity contribution in [2.75, 3.05) is 11.6 Å². The van der Waals surface area contributed by atoms with Crippen LogP contribution in [0.5, 0.6) is 0 Å². The van der Waals surface area contributed by atoms with Crippen LogP contribution in [0.15, 0.2) is 12.1 Å². The van der Waals surface area contributed by atoms with Crippen molar-refractivity contribution in [1.29, 1.82) is 5.26 Å². The monoisotopic (exact) mass is 239 g/mol. The van der Waals surface area contributed by atoms with Gasteiger partial charge in [0.05, 0.1) is 27.6 Å². The van der Waals surface area contributed by atoms with Crippen molar-refractivity contribution in [3.05, 3.63) is 33.4 Å². The topological polar surface area (TPSA) is 110 Å². The molecule has 0 saturated carbocycles. The molecule has 0 amide bonds. The fraction of sp³-hybridized carbons (Fsp3) is 0.111. The first kappa shape index (κ1) is 11.9. The van der Waals surface area contributed by atoms with E-state index < -0.39 is 10.7 Å². The number of nitrogens with two attached hydrogens (primary N) is 1. The van der Waals surface area contributed by atoms with Gasteiger partial charge in [-0.05, 0) is 0 Å². The summed E-state index contributed by atoms with van der Waals surface area (Å²) in [5.74, 6) is -0.873. The van der Waals surface area contributed by atoms with E-state index in [-0.39, 0.29) is 28.4 Å². The average molecular weight is 240 g/mol. The molecule has 1 aromatic carbocycles. The molecule has 0 spiro atoms. The van der Waals surface area contributed by atoms with E-state index in [0.717, 1.165) is 12.1 Å². The van der Waals surface area contributed by atoms with Crippen molar-refractivity contribution in [2.24, 2.45) is 0 Å². The van der Waals surface area contributed by atoms with Crippen LogP contribution in [-0.2, 0) is 0 Å². The SMILES string of the molecule is N#Cc1cc([N+](=O)[O-])cc(N)c1C(=O)CCl. The van der Waals surface area contributed by atoms with Gasteiger partial charge in [0.2, 0.25) is 0 Å². The predicted molar refractivity (Wildman–Crippen MR) is 57.3 cm³/mol. The molecular weight excluding hydrogens is 234 g/mol. The largest absolute Gasteiger partial charge is 0.398 e. The van der Waals surface area contributed by atoms with E-state index in [0.29, 0.717) is 0 Å². The number of nitrogens with zero attached hydrogens (tertiary/aromatic N) is 2. The number of nitro benzene ring substituents is 1. The van der Waals surface area contributed by atoms with Crippen LogP contribution >= 0.6 is 11.6 Å². The predicted octanol–water partition coefficient (Wildman–Crippen LogP) is 1.47. The minimum absolute atomic E-state index is 0.0666. The van der Waals surface area contributed by atoms with Crippen molar-refractivity contribution in [3.63, 3.8) is 0 Å². The number of benzene rings is 1. The summed E-state index contributed by atoms with van der Waals surface area (Å²) in [6.07, 6.45) is 0. The first-order valence-corrected chi connectivity index (χ1v) is 4.62. The number of Topliss-reactive ketones (excluding diaryl/α,β-unsaturated/α-hetero) is 1. The van der Waals surface area contributed by atoms with Crippen molar-refractivity contribution in [2.45, 2.75) is 0 Å². The Morgan fingerprint density at radius 1 is 1.62 bits per heavy atom. The van der Waals surface area contributed by atoms with Gasteiger partial charge < -0.3 is 5.73 Å². The van der Waals surface area contributed by atoms with E-state index in [4.69, 9.17) is 22.6 Å². The molecule has 0 unspecified atom stereocenters. The van der Waals surface area contributed by atoms with Crippen molar-refractivity contribution < 1.29 is 9.72 Å². The van der Waals surface area contributed by atoms with Gasteiger partial charge in [-0.25, -0.2) is 0 Å². The Labute approximate surface area is 95.4 Å². The van der Waals surface area contributed by atoms with Gasteiger partial charge in [0.25, 0.3) is 5.69 Å². The highest BCUT2D eigenvalue weighted by molar-refractivity contribution is 6.31. The maximum absolute atomic E-state index is 11.4. The number of carbonyl (C=O) groups excluding carboxylic acids is 1. The highest BCUT2D eigenvalue weighted by Crippen LogP contribution is 2.24. The van der Waals surface area contributed by atoms with E-state index in [1.165, 1.54) is 0 Å². The van der Waals surface area contributed by atoms with Gasteiger partial charge in [0, 0.05) is 12.1 Å². The molecule has 0 atom stereocenters. The third kappa shape index (κ3) is 2.10. The molecular formula is C9H6ClN3O3. The Morgan fingerprint density at radius 2 is 2.25 bits per heavy atom. The molecule has 7 heteroatoms. The van der Waals surface area contributed by atoms with Gasteiger partial charge >= 0.3 is 0 Å². The van der Waals surface area contributed by atoms with Crippen molar-refractivity contribution in [3.8, 4) is 6.07 Å². The molecule has 16 heavy (non-hydrogen) atoms. The van der Waals surface area contributed by atoms with E-state index in [1.54, 1.807) is 6.07 Å². The number of alkyl halides is 1. The fourth-order valence-electron chi connectivity index (χ4n) is 1.22. The standard InChI is InChI=1S/C9H6ClN3O3/c10-3-8(14)9-5(4-11)1-6(13(15)16)2-7(9)12/h1-2H,3,12H2. The van der Waals surface area contributed by atoms with Crippen LogP contribution in [0.25, 0.3) is 0 Å². The number of ketones is 1. The molecule has 0 aromatic heterocycles. The summed E-state index contributed by atoms with van der Waals surface area (Å²) in [6, 6.07) is 3.71. The minimum Gasteiger partial charge on any atom is -0.398 e. The first-order valence-electron chi connectivity index (χ1n) is 4.08. The van der Waals surface area contributed by atoms with E-state index in [1.807, 2.05) is 0 Å². The molecule has 0 aliphatic heterocycles. The van der Waals surface area contributed by atoms with E-state index >= 15 is 0 Å². The van der Waals surface area contributed by atoms with Gasteiger partial charge in [-0.2, -0.15) is 5.26 Å². The molecule has 0 aliphatic carbocycles. The highest BCUT2D eigenvalue weighted by Gasteiger charge is 2.19. The molecule has 0 aliphatic rings.